The van der Waals surface area contributed by atoms with Crippen LogP contribution >= 0.6 is 0 Å². The highest BCUT2D eigenvalue weighted by Gasteiger charge is 2.38. The van der Waals surface area contributed by atoms with Crippen molar-refractivity contribution in [2.24, 2.45) is 21.8 Å². The molecule has 73 heavy (non-hydrogen) atoms. The van der Waals surface area contributed by atoms with E-state index in [2.05, 4.69) is 10.6 Å². The van der Waals surface area contributed by atoms with Gasteiger partial charge in [0.25, 0.3) is 11.8 Å². The molecule has 376 valence electrons. The summed E-state index contributed by atoms with van der Waals surface area (Å²) < 4.78 is 18.7. The van der Waals surface area contributed by atoms with E-state index in [1.54, 1.807) is 55.3 Å². The number of nitrogens with zero attached hydrogens (tertiary/aromatic N) is 4. The molecule has 0 saturated carbocycles. The van der Waals surface area contributed by atoms with Gasteiger partial charge in [-0.25, -0.2) is 0 Å². The SMILES string of the molecule is COc1cc2c(cc1OCc1cc(COc3cc4c(cc3C)C(=O)N3c5ccccc5CC3C=N4)cc(NC(=O)C(C)CC(=O)C(C)NC(=O)CCCCC(=O)C(C)C)c1)N=CC1Cc3ccccc3N1C2=O. The minimum absolute atomic E-state index is 0.0143. The van der Waals surface area contributed by atoms with Crippen LogP contribution in [-0.2, 0) is 45.2 Å². The Bertz CT molecular complexity index is 3090. The number of para-hydroxylation sites is 2. The molecule has 4 aliphatic rings. The predicted molar refractivity (Wildman–Crippen MR) is 280 cm³/mol. The number of ether oxygens (including phenoxy) is 3. The van der Waals surface area contributed by atoms with Crippen LogP contribution in [0.1, 0.15) is 108 Å². The summed E-state index contributed by atoms with van der Waals surface area (Å²) in [5.41, 5.74) is 8.25. The molecule has 0 aliphatic carbocycles. The molecular formula is C58H60N6O9. The normalized spacial score (nSPS) is 16.8. The van der Waals surface area contributed by atoms with Crippen LogP contribution in [0.2, 0.25) is 0 Å². The molecule has 15 nitrogen and oxygen atoms in total. The summed E-state index contributed by atoms with van der Waals surface area (Å²) in [4.78, 5) is 92.8. The van der Waals surface area contributed by atoms with Gasteiger partial charge in [-0.05, 0) is 97.0 Å². The zero-order valence-electron chi connectivity index (χ0n) is 42.0. The summed E-state index contributed by atoms with van der Waals surface area (Å²) in [6, 6.07) is 26.9. The Morgan fingerprint density at radius 3 is 1.81 bits per heavy atom. The number of aryl methyl sites for hydroxylation is 1. The predicted octanol–water partition coefficient (Wildman–Crippen LogP) is 9.56. The molecule has 0 saturated heterocycles. The van der Waals surface area contributed by atoms with Crippen molar-refractivity contribution in [2.45, 2.75) is 111 Å². The molecule has 5 aromatic rings. The Hall–Kier alpha value is -7.94. The third kappa shape index (κ3) is 10.8. The number of methoxy groups -OCH3 is 1. The second kappa shape index (κ2) is 21.4. The quantitative estimate of drug-likeness (QED) is 0.0761. The number of ketones is 2. The smallest absolute Gasteiger partial charge is 0.261 e. The Balaban J connectivity index is 0.917. The van der Waals surface area contributed by atoms with E-state index < -0.39 is 17.9 Å². The van der Waals surface area contributed by atoms with Crippen LogP contribution in [0.5, 0.6) is 17.2 Å². The van der Waals surface area contributed by atoms with E-state index in [9.17, 15) is 28.8 Å². The number of carbonyl (C=O) groups is 6. The van der Waals surface area contributed by atoms with Gasteiger partial charge >= 0.3 is 0 Å². The third-order valence-corrected chi connectivity index (χ3v) is 13.9. The van der Waals surface area contributed by atoms with Gasteiger partial charge in [-0.3, -0.25) is 48.6 Å². The fraction of sp³-hybridized carbons (Fsp3) is 0.345. The van der Waals surface area contributed by atoms with Crippen LogP contribution in [0.3, 0.4) is 0 Å². The van der Waals surface area contributed by atoms with Gasteiger partial charge in [0, 0.05) is 85.6 Å². The van der Waals surface area contributed by atoms with Crippen LogP contribution in [0.15, 0.2) is 101 Å². The van der Waals surface area contributed by atoms with E-state index >= 15 is 0 Å². The number of unbranched alkanes of at least 4 members (excludes halogenated alkanes) is 1. The number of fused-ring (bicyclic) bond motifs is 8. The zero-order valence-corrected chi connectivity index (χ0v) is 42.0. The standard InChI is InChI=1S/C58H60N6O9/c1-33(2)50(65)17-11-12-18-55(67)61-36(5)51(66)20-35(4)56(68)62-41-22-37(31-72-52-27-46-44(19-34(52)3)57(69)63-42(29-59-46)24-39-13-7-9-15-48(39)63)21-38(23-41)32-73-54-28-47-45(26-53(54)71-6)58(70)64-43(30-60-47)25-40-14-8-10-16-49(40)64/h7-10,13-16,19,21-23,26-30,33,35-36,42-43H,11-12,17-18,20,24-25,31-32H2,1-6H3,(H,61,67)(H,62,68). The monoisotopic (exact) mass is 984 g/mol. The first-order valence-electron chi connectivity index (χ1n) is 25.0. The lowest BCUT2D eigenvalue weighted by Crippen LogP contribution is -2.39. The first kappa shape index (κ1) is 50.0. The fourth-order valence-electron chi connectivity index (χ4n) is 9.82. The van der Waals surface area contributed by atoms with Crippen LogP contribution in [0.25, 0.3) is 0 Å². The maximum absolute atomic E-state index is 14.1. The molecule has 5 aromatic carbocycles. The van der Waals surface area contributed by atoms with Crippen molar-refractivity contribution in [3.63, 3.8) is 0 Å². The highest BCUT2D eigenvalue weighted by atomic mass is 16.5. The van der Waals surface area contributed by atoms with Gasteiger partial charge in [0.2, 0.25) is 11.8 Å². The Morgan fingerprint density at radius 2 is 1.22 bits per heavy atom. The van der Waals surface area contributed by atoms with E-state index in [1.807, 2.05) is 92.5 Å². The van der Waals surface area contributed by atoms with Gasteiger partial charge < -0.3 is 24.8 Å². The van der Waals surface area contributed by atoms with Gasteiger partial charge in [0.05, 0.1) is 47.7 Å². The molecule has 2 N–H and O–H groups in total. The third-order valence-electron chi connectivity index (χ3n) is 13.9. The largest absolute Gasteiger partial charge is 0.493 e. The number of benzene rings is 5. The van der Waals surface area contributed by atoms with Crippen LogP contribution in [0.4, 0.5) is 28.4 Å². The van der Waals surface area contributed by atoms with Crippen molar-refractivity contribution < 1.29 is 43.0 Å². The number of anilines is 3. The molecule has 4 aliphatic heterocycles. The van der Waals surface area contributed by atoms with Crippen molar-refractivity contribution in [2.75, 3.05) is 22.2 Å². The van der Waals surface area contributed by atoms with Gasteiger partial charge in [0.1, 0.15) is 24.7 Å². The number of hydrogen-bond donors (Lipinski definition) is 2. The molecule has 4 heterocycles. The maximum atomic E-state index is 14.1. The summed E-state index contributed by atoms with van der Waals surface area (Å²) in [5, 5.41) is 5.72. The average molecular weight is 985 g/mol. The molecule has 0 radical (unpaired) electrons. The number of amides is 4. The molecule has 15 heteroatoms. The zero-order chi connectivity index (χ0) is 51.5. The van der Waals surface area contributed by atoms with Gasteiger partial charge in [-0.15, -0.1) is 0 Å². The fourth-order valence-corrected chi connectivity index (χ4v) is 9.82. The lowest BCUT2D eigenvalue weighted by atomic mass is 9.99. The summed E-state index contributed by atoms with van der Waals surface area (Å²) in [5.74, 6) is -0.710. The van der Waals surface area contributed by atoms with Crippen molar-refractivity contribution >= 4 is 76.1 Å². The van der Waals surface area contributed by atoms with Crippen LogP contribution in [0, 0.1) is 18.8 Å². The van der Waals surface area contributed by atoms with Gasteiger partial charge in [-0.2, -0.15) is 0 Å². The highest BCUT2D eigenvalue weighted by Crippen LogP contribution is 2.42. The maximum Gasteiger partial charge on any atom is 0.261 e. The van der Waals surface area contributed by atoms with Crippen molar-refractivity contribution in [3.8, 4) is 17.2 Å². The summed E-state index contributed by atoms with van der Waals surface area (Å²) in [6.07, 6.45) is 6.57. The second-order valence-corrected chi connectivity index (χ2v) is 19.7. The first-order chi connectivity index (χ1) is 35.1. The number of hydrogen-bond acceptors (Lipinski definition) is 11. The van der Waals surface area contributed by atoms with Crippen molar-refractivity contribution in [1.29, 1.82) is 0 Å². The molecule has 4 unspecified atom stereocenters. The Labute approximate surface area is 425 Å². The molecule has 0 bridgehead atoms. The minimum atomic E-state index is -0.805. The first-order valence-corrected chi connectivity index (χ1v) is 25.0. The molecule has 4 atom stereocenters. The summed E-state index contributed by atoms with van der Waals surface area (Å²) in [6.45, 7) is 8.92. The lowest BCUT2D eigenvalue weighted by molar-refractivity contribution is -0.129. The molecular weight excluding hydrogens is 925 g/mol. The van der Waals surface area contributed by atoms with E-state index in [-0.39, 0.29) is 73.3 Å². The highest BCUT2D eigenvalue weighted by molar-refractivity contribution is 6.16. The molecule has 0 fully saturated rings. The van der Waals surface area contributed by atoms with E-state index in [4.69, 9.17) is 24.2 Å². The molecule has 4 amide bonds. The second-order valence-electron chi connectivity index (χ2n) is 19.7. The number of rotatable bonds is 19. The van der Waals surface area contributed by atoms with E-state index in [0.29, 0.717) is 88.7 Å². The van der Waals surface area contributed by atoms with Crippen LogP contribution < -0.4 is 34.6 Å². The topological polar surface area (TPSA) is 185 Å². The number of Topliss-reactive ketones (excluding diaryl/α,β-unsaturated/α-hetero) is 2. The molecule has 0 spiro atoms. The number of nitrogens with one attached hydrogen (secondary N) is 2. The van der Waals surface area contributed by atoms with Crippen molar-refractivity contribution in [3.05, 3.63) is 130 Å². The Morgan fingerprint density at radius 1 is 0.671 bits per heavy atom. The lowest BCUT2D eigenvalue weighted by Gasteiger charge is -2.22. The Kier molecular flexibility index (Phi) is 14.7. The van der Waals surface area contributed by atoms with Gasteiger partial charge in [0.15, 0.2) is 17.3 Å². The molecule has 9 rings (SSSR count). The van der Waals surface area contributed by atoms with E-state index in [1.165, 1.54) is 7.11 Å². The molecule has 0 aromatic heterocycles. The number of aliphatic imine (C=N–C) groups is 2. The minimum Gasteiger partial charge on any atom is -0.493 e. The van der Waals surface area contributed by atoms with Crippen LogP contribution in [-0.4, -0.2) is 72.9 Å². The summed E-state index contributed by atoms with van der Waals surface area (Å²) in [7, 11) is 1.51. The number of carbonyl (C=O) groups excluding carboxylic acids is 6. The average Bonchev–Trinajstić information content (AvgIpc) is 3.87. The van der Waals surface area contributed by atoms with Crippen molar-refractivity contribution in [1.82, 2.24) is 5.32 Å². The summed E-state index contributed by atoms with van der Waals surface area (Å²) >= 11 is 0. The van der Waals surface area contributed by atoms with E-state index in [0.717, 1.165) is 28.1 Å². The van der Waals surface area contributed by atoms with Gasteiger partial charge in [-0.1, -0.05) is 57.2 Å².